The number of Topliss-reactive ketones (excluding diaryl/α,β-unsaturated/α-hetero) is 1. The maximum Gasteiger partial charge on any atom is 0.148 e. The molecule has 2 nitrogen and oxygen atoms in total. The van der Waals surface area contributed by atoms with Crippen molar-refractivity contribution in [2.75, 3.05) is 5.75 Å². The third-order valence-electron chi connectivity index (χ3n) is 5.84. The first kappa shape index (κ1) is 13.8. The van der Waals surface area contributed by atoms with Crippen LogP contribution in [0.4, 0.5) is 0 Å². The van der Waals surface area contributed by atoms with Crippen molar-refractivity contribution in [1.82, 2.24) is 4.98 Å². The number of ketones is 1. The van der Waals surface area contributed by atoms with E-state index in [0.29, 0.717) is 11.5 Å². The van der Waals surface area contributed by atoms with Crippen LogP contribution in [0.25, 0.3) is 0 Å². The summed E-state index contributed by atoms with van der Waals surface area (Å²) in [7, 11) is 0. The van der Waals surface area contributed by atoms with E-state index < -0.39 is 0 Å². The molecular weight excluding hydrogens is 278 g/mol. The second-order valence-electron chi connectivity index (χ2n) is 7.43. The third-order valence-corrected chi connectivity index (χ3v) is 6.81. The molecule has 3 heteroatoms. The average molecular weight is 301 g/mol. The number of nitrogens with zero attached hydrogens (tertiary/aromatic N) is 1. The topological polar surface area (TPSA) is 30.0 Å². The van der Waals surface area contributed by atoms with E-state index in [9.17, 15) is 4.79 Å². The van der Waals surface area contributed by atoms with Crippen molar-refractivity contribution >= 4 is 17.5 Å². The van der Waals surface area contributed by atoms with Crippen LogP contribution in [0.1, 0.15) is 44.2 Å². The van der Waals surface area contributed by atoms with Crippen LogP contribution in [0.2, 0.25) is 0 Å². The van der Waals surface area contributed by atoms with E-state index in [1.807, 2.05) is 24.4 Å². The lowest BCUT2D eigenvalue weighted by molar-refractivity contribution is -0.141. The summed E-state index contributed by atoms with van der Waals surface area (Å²) < 4.78 is 0. The van der Waals surface area contributed by atoms with Crippen molar-refractivity contribution in [2.45, 2.75) is 44.3 Å². The van der Waals surface area contributed by atoms with Crippen LogP contribution in [0.15, 0.2) is 24.4 Å². The highest BCUT2D eigenvalue weighted by Gasteiger charge is 2.53. The van der Waals surface area contributed by atoms with Crippen molar-refractivity contribution in [3.63, 3.8) is 0 Å². The van der Waals surface area contributed by atoms with Crippen LogP contribution >= 0.6 is 11.8 Å². The molecule has 0 N–H and O–H groups in total. The highest BCUT2D eigenvalue weighted by molar-refractivity contribution is 7.99. The van der Waals surface area contributed by atoms with E-state index in [0.717, 1.165) is 29.2 Å². The van der Waals surface area contributed by atoms with Gasteiger partial charge in [0.2, 0.25) is 0 Å². The van der Waals surface area contributed by atoms with Crippen molar-refractivity contribution < 1.29 is 4.79 Å². The van der Waals surface area contributed by atoms with Gasteiger partial charge < -0.3 is 0 Å². The summed E-state index contributed by atoms with van der Waals surface area (Å²) in [6.07, 6.45) is 9.65. The Hall–Kier alpha value is -0.830. The number of thioether (sulfide) groups is 1. The Morgan fingerprint density at radius 2 is 1.81 bits per heavy atom. The Morgan fingerprint density at radius 3 is 2.38 bits per heavy atom. The fourth-order valence-electron chi connectivity index (χ4n) is 5.34. The first-order valence-electron chi connectivity index (χ1n) is 8.24. The molecule has 4 fully saturated rings. The van der Waals surface area contributed by atoms with Crippen molar-refractivity contribution in [1.29, 1.82) is 0 Å². The van der Waals surface area contributed by atoms with Crippen molar-refractivity contribution in [3.05, 3.63) is 30.1 Å². The molecular formula is C18H23NOS. The van der Waals surface area contributed by atoms with Crippen LogP contribution in [0, 0.1) is 23.2 Å². The molecule has 1 aromatic rings. The zero-order chi connectivity index (χ0) is 14.3. The smallest absolute Gasteiger partial charge is 0.148 e. The maximum absolute atomic E-state index is 12.8. The summed E-state index contributed by atoms with van der Waals surface area (Å²) in [6, 6.07) is 6.00. The Morgan fingerprint density at radius 1 is 1.14 bits per heavy atom. The van der Waals surface area contributed by atoms with E-state index in [-0.39, 0.29) is 5.41 Å². The van der Waals surface area contributed by atoms with Crippen LogP contribution in [0.5, 0.6) is 0 Å². The zero-order valence-corrected chi connectivity index (χ0v) is 13.3. The van der Waals surface area contributed by atoms with Crippen LogP contribution in [-0.2, 0) is 10.5 Å². The molecule has 0 aliphatic heterocycles. The predicted octanol–water partition coefficient (Wildman–Crippen LogP) is 4.10. The summed E-state index contributed by atoms with van der Waals surface area (Å²) in [5, 5.41) is 0. The summed E-state index contributed by atoms with van der Waals surface area (Å²) in [4.78, 5) is 17.2. The van der Waals surface area contributed by atoms with Gasteiger partial charge in [-0.05, 0) is 68.4 Å². The number of pyridine rings is 1. The summed E-state index contributed by atoms with van der Waals surface area (Å²) in [5.74, 6) is 4.67. The molecule has 0 atom stereocenters. The first-order chi connectivity index (χ1) is 10.2. The molecule has 0 spiro atoms. The van der Waals surface area contributed by atoms with Gasteiger partial charge in [-0.1, -0.05) is 6.07 Å². The van der Waals surface area contributed by atoms with Gasteiger partial charge in [0.15, 0.2) is 0 Å². The standard InChI is InChI=1S/C18H23NOS/c20-17(12-21-11-16-3-1-2-4-19-16)18-8-13-5-14(9-18)7-15(6-13)10-18/h1-4,13-15H,5-12H2. The quantitative estimate of drug-likeness (QED) is 0.820. The summed E-state index contributed by atoms with van der Waals surface area (Å²) in [6.45, 7) is 0. The van der Waals surface area contributed by atoms with Crippen LogP contribution in [-0.4, -0.2) is 16.5 Å². The number of carbonyl (C=O) groups excluding carboxylic acids is 1. The van der Waals surface area contributed by atoms with E-state index in [2.05, 4.69) is 4.98 Å². The molecule has 4 aliphatic rings. The minimum atomic E-state index is 0.0753. The Kier molecular flexibility index (Phi) is 3.56. The Balaban J connectivity index is 1.37. The van der Waals surface area contributed by atoms with Gasteiger partial charge >= 0.3 is 0 Å². The second kappa shape index (κ2) is 5.42. The summed E-state index contributed by atoms with van der Waals surface area (Å²) >= 11 is 1.75. The molecule has 4 bridgehead atoms. The van der Waals surface area contributed by atoms with Gasteiger partial charge in [-0.2, -0.15) is 0 Å². The minimum Gasteiger partial charge on any atom is -0.298 e. The monoisotopic (exact) mass is 301 g/mol. The number of carbonyl (C=O) groups is 1. The lowest BCUT2D eigenvalue weighted by Crippen LogP contribution is -2.50. The largest absolute Gasteiger partial charge is 0.298 e. The number of aromatic nitrogens is 1. The zero-order valence-electron chi connectivity index (χ0n) is 12.5. The normalized spacial score (nSPS) is 36.9. The molecule has 1 aromatic heterocycles. The lowest BCUT2D eigenvalue weighted by atomic mass is 9.48. The Labute approximate surface area is 131 Å². The molecule has 0 amide bonds. The summed E-state index contributed by atoms with van der Waals surface area (Å²) in [5.41, 5.74) is 1.16. The molecule has 1 heterocycles. The number of hydrogen-bond acceptors (Lipinski definition) is 3. The molecule has 4 aliphatic carbocycles. The van der Waals surface area contributed by atoms with Gasteiger partial charge in [0, 0.05) is 17.4 Å². The SMILES string of the molecule is O=C(CSCc1ccccn1)C12CC3CC(CC(C3)C1)C2. The highest BCUT2D eigenvalue weighted by atomic mass is 32.2. The number of rotatable bonds is 5. The molecule has 112 valence electrons. The van der Waals surface area contributed by atoms with Gasteiger partial charge in [-0.15, -0.1) is 11.8 Å². The van der Waals surface area contributed by atoms with E-state index in [1.54, 1.807) is 11.8 Å². The van der Waals surface area contributed by atoms with Gasteiger partial charge in [-0.3, -0.25) is 9.78 Å². The lowest BCUT2D eigenvalue weighted by Gasteiger charge is -2.56. The van der Waals surface area contributed by atoms with E-state index in [4.69, 9.17) is 0 Å². The van der Waals surface area contributed by atoms with Gasteiger partial charge in [0.1, 0.15) is 5.78 Å². The van der Waals surface area contributed by atoms with E-state index >= 15 is 0 Å². The van der Waals surface area contributed by atoms with E-state index in [1.165, 1.54) is 38.5 Å². The molecule has 4 saturated carbocycles. The van der Waals surface area contributed by atoms with Crippen molar-refractivity contribution in [3.8, 4) is 0 Å². The molecule has 0 saturated heterocycles. The maximum atomic E-state index is 12.8. The second-order valence-corrected chi connectivity index (χ2v) is 8.42. The minimum absolute atomic E-state index is 0.0753. The van der Waals surface area contributed by atoms with Gasteiger partial charge in [-0.25, -0.2) is 0 Å². The molecule has 0 aromatic carbocycles. The molecule has 0 unspecified atom stereocenters. The highest BCUT2D eigenvalue weighted by Crippen LogP contribution is 2.60. The van der Waals surface area contributed by atoms with Crippen molar-refractivity contribution in [2.24, 2.45) is 23.2 Å². The van der Waals surface area contributed by atoms with Gasteiger partial charge in [0.05, 0.1) is 11.4 Å². The fourth-order valence-corrected chi connectivity index (χ4v) is 6.31. The predicted molar refractivity (Wildman–Crippen MR) is 86.0 cm³/mol. The Bertz CT molecular complexity index is 492. The average Bonchev–Trinajstić information content (AvgIpc) is 2.47. The first-order valence-corrected chi connectivity index (χ1v) is 9.40. The van der Waals surface area contributed by atoms with Crippen LogP contribution in [0.3, 0.4) is 0 Å². The number of hydrogen-bond donors (Lipinski definition) is 0. The third kappa shape index (κ3) is 2.65. The molecule has 0 radical (unpaired) electrons. The molecule has 21 heavy (non-hydrogen) atoms. The fraction of sp³-hybridized carbons (Fsp3) is 0.667. The molecule has 5 rings (SSSR count). The van der Waals surface area contributed by atoms with Crippen LogP contribution < -0.4 is 0 Å². The van der Waals surface area contributed by atoms with Gasteiger partial charge in [0.25, 0.3) is 0 Å².